The number of carbonyl (C=O) groups is 1. The zero-order valence-corrected chi connectivity index (χ0v) is 7.08. The number of hydrogen-bond donors (Lipinski definition) is 0. The highest BCUT2D eigenvalue weighted by atomic mass is 19.4. The van der Waals surface area contributed by atoms with Gasteiger partial charge in [-0.15, -0.1) is 0 Å². The Hall–Kier alpha value is -1.58. The first-order valence-corrected chi connectivity index (χ1v) is 3.83. The molecule has 74 valence electrons. The topological polar surface area (TPSA) is 17.1 Å². The molecule has 0 atom stereocenters. The van der Waals surface area contributed by atoms with Crippen molar-refractivity contribution in [2.24, 2.45) is 0 Å². The fourth-order valence-electron chi connectivity index (χ4n) is 0.969. The minimum atomic E-state index is -4.34. The molecule has 0 spiro atoms. The maximum atomic E-state index is 12.2. The first-order valence-electron chi connectivity index (χ1n) is 3.83. The van der Waals surface area contributed by atoms with Crippen LogP contribution < -0.4 is 0 Å². The Kier molecular flexibility index (Phi) is 3.06. The molecule has 0 fully saturated rings. The zero-order chi connectivity index (χ0) is 10.6. The van der Waals surface area contributed by atoms with E-state index < -0.39 is 11.7 Å². The van der Waals surface area contributed by atoms with Gasteiger partial charge in [-0.05, 0) is 23.8 Å². The second-order valence-electron chi connectivity index (χ2n) is 2.62. The molecular formula is C10H7F3O. The van der Waals surface area contributed by atoms with Gasteiger partial charge in [0.25, 0.3) is 0 Å². The van der Waals surface area contributed by atoms with E-state index in [0.29, 0.717) is 11.8 Å². The van der Waals surface area contributed by atoms with Crippen LogP contribution >= 0.6 is 0 Å². The fourth-order valence-corrected chi connectivity index (χ4v) is 0.969. The average molecular weight is 200 g/mol. The van der Waals surface area contributed by atoms with Crippen LogP contribution in [0.2, 0.25) is 0 Å². The lowest BCUT2D eigenvalue weighted by atomic mass is 10.1. The Morgan fingerprint density at radius 2 is 1.93 bits per heavy atom. The lowest BCUT2D eigenvalue weighted by Gasteiger charge is -2.06. The molecule has 0 saturated heterocycles. The molecule has 1 nitrogen and oxygen atoms in total. The number of carbonyl (C=O) groups excluding carboxylic acids is 1. The van der Waals surface area contributed by atoms with E-state index in [1.165, 1.54) is 18.2 Å². The molecule has 0 amide bonds. The minimum Gasteiger partial charge on any atom is -0.299 e. The summed E-state index contributed by atoms with van der Waals surface area (Å²) in [6.45, 7) is 0. The Balaban J connectivity index is 3.01. The van der Waals surface area contributed by atoms with Gasteiger partial charge in [-0.2, -0.15) is 13.2 Å². The van der Waals surface area contributed by atoms with Crippen LogP contribution in [0.25, 0.3) is 6.08 Å². The molecule has 0 bridgehead atoms. The second kappa shape index (κ2) is 4.09. The largest absolute Gasteiger partial charge is 0.416 e. The normalized spacial score (nSPS) is 11.9. The third-order valence-electron chi connectivity index (χ3n) is 1.58. The molecule has 14 heavy (non-hydrogen) atoms. The summed E-state index contributed by atoms with van der Waals surface area (Å²) in [4.78, 5) is 9.95. The van der Waals surface area contributed by atoms with Crippen LogP contribution in [-0.2, 0) is 11.0 Å². The molecule has 0 aliphatic heterocycles. The van der Waals surface area contributed by atoms with E-state index in [1.54, 1.807) is 0 Å². The molecule has 4 heteroatoms. The van der Waals surface area contributed by atoms with Gasteiger partial charge in [0, 0.05) is 0 Å². The smallest absolute Gasteiger partial charge is 0.299 e. The molecule has 0 aromatic heterocycles. The quantitative estimate of drug-likeness (QED) is 0.530. The number of allylic oxidation sites excluding steroid dienone is 1. The molecule has 1 rings (SSSR count). The molecule has 0 saturated carbocycles. The van der Waals surface area contributed by atoms with Crippen molar-refractivity contribution >= 4 is 12.4 Å². The SMILES string of the molecule is O=CC=Cc1cccc(C(F)(F)F)c1. The number of rotatable bonds is 2. The van der Waals surface area contributed by atoms with E-state index in [0.717, 1.165) is 18.2 Å². The molecule has 1 aromatic carbocycles. The number of benzene rings is 1. The molecular weight excluding hydrogens is 193 g/mol. The lowest BCUT2D eigenvalue weighted by Crippen LogP contribution is -2.04. The van der Waals surface area contributed by atoms with Gasteiger partial charge in [0.2, 0.25) is 0 Å². The Morgan fingerprint density at radius 1 is 1.21 bits per heavy atom. The maximum absolute atomic E-state index is 12.2. The summed E-state index contributed by atoms with van der Waals surface area (Å²) in [6.07, 6.45) is -1.36. The molecule has 0 aliphatic carbocycles. The number of halogens is 3. The van der Waals surface area contributed by atoms with E-state index >= 15 is 0 Å². The average Bonchev–Trinajstić information content (AvgIpc) is 2.14. The van der Waals surface area contributed by atoms with E-state index in [2.05, 4.69) is 0 Å². The van der Waals surface area contributed by atoms with Crippen LogP contribution in [0.3, 0.4) is 0 Å². The third kappa shape index (κ3) is 2.73. The number of hydrogen-bond acceptors (Lipinski definition) is 1. The standard InChI is InChI=1S/C10H7F3O/c11-10(12,13)9-5-1-3-8(7-9)4-2-6-14/h1-7H. The van der Waals surface area contributed by atoms with Crippen LogP contribution in [-0.4, -0.2) is 6.29 Å². The zero-order valence-electron chi connectivity index (χ0n) is 7.08. The van der Waals surface area contributed by atoms with Crippen molar-refractivity contribution in [1.82, 2.24) is 0 Å². The van der Waals surface area contributed by atoms with Gasteiger partial charge < -0.3 is 0 Å². The molecule has 1 aromatic rings. The first-order chi connectivity index (χ1) is 6.54. The molecule has 0 unspecified atom stereocenters. The van der Waals surface area contributed by atoms with Gasteiger partial charge in [-0.25, -0.2) is 0 Å². The van der Waals surface area contributed by atoms with Crippen molar-refractivity contribution in [2.45, 2.75) is 6.18 Å². The van der Waals surface area contributed by atoms with Crippen molar-refractivity contribution < 1.29 is 18.0 Å². The maximum Gasteiger partial charge on any atom is 0.416 e. The summed E-state index contributed by atoms with van der Waals surface area (Å²) in [5, 5.41) is 0. The van der Waals surface area contributed by atoms with Gasteiger partial charge in [-0.1, -0.05) is 18.2 Å². The summed E-state index contributed by atoms with van der Waals surface area (Å²) in [6, 6.07) is 4.76. The predicted molar refractivity (Wildman–Crippen MR) is 46.5 cm³/mol. The lowest BCUT2D eigenvalue weighted by molar-refractivity contribution is -0.137. The summed E-state index contributed by atoms with van der Waals surface area (Å²) in [5.74, 6) is 0. The number of alkyl halides is 3. The Bertz CT molecular complexity index is 353. The van der Waals surface area contributed by atoms with E-state index in [9.17, 15) is 18.0 Å². The van der Waals surface area contributed by atoms with E-state index in [1.807, 2.05) is 0 Å². The summed E-state index contributed by atoms with van der Waals surface area (Å²) < 4.78 is 36.6. The van der Waals surface area contributed by atoms with Crippen molar-refractivity contribution in [1.29, 1.82) is 0 Å². The molecule has 0 aliphatic rings. The van der Waals surface area contributed by atoms with Crippen molar-refractivity contribution in [2.75, 3.05) is 0 Å². The minimum absolute atomic E-state index is 0.354. The Labute approximate surface area is 78.9 Å². The monoisotopic (exact) mass is 200 g/mol. The van der Waals surface area contributed by atoms with Crippen LogP contribution in [0, 0.1) is 0 Å². The van der Waals surface area contributed by atoms with E-state index in [-0.39, 0.29) is 0 Å². The van der Waals surface area contributed by atoms with Crippen molar-refractivity contribution in [3.63, 3.8) is 0 Å². The van der Waals surface area contributed by atoms with Crippen LogP contribution in [0.5, 0.6) is 0 Å². The second-order valence-corrected chi connectivity index (χ2v) is 2.62. The van der Waals surface area contributed by atoms with Crippen molar-refractivity contribution in [3.8, 4) is 0 Å². The highest BCUT2D eigenvalue weighted by Gasteiger charge is 2.30. The molecule has 0 N–H and O–H groups in total. The van der Waals surface area contributed by atoms with Gasteiger partial charge in [0.15, 0.2) is 0 Å². The van der Waals surface area contributed by atoms with Crippen LogP contribution in [0.15, 0.2) is 30.3 Å². The van der Waals surface area contributed by atoms with E-state index in [4.69, 9.17) is 0 Å². The predicted octanol–water partition coefficient (Wildman–Crippen LogP) is 2.92. The summed E-state index contributed by atoms with van der Waals surface area (Å²) in [7, 11) is 0. The van der Waals surface area contributed by atoms with Crippen LogP contribution in [0.4, 0.5) is 13.2 Å². The third-order valence-corrected chi connectivity index (χ3v) is 1.58. The Morgan fingerprint density at radius 3 is 2.50 bits per heavy atom. The van der Waals surface area contributed by atoms with Gasteiger partial charge in [-0.3, -0.25) is 4.79 Å². The van der Waals surface area contributed by atoms with Gasteiger partial charge >= 0.3 is 6.18 Å². The summed E-state index contributed by atoms with van der Waals surface area (Å²) in [5.41, 5.74) is -0.363. The first kappa shape index (κ1) is 10.5. The van der Waals surface area contributed by atoms with Gasteiger partial charge in [0.05, 0.1) is 5.56 Å². The molecule has 0 radical (unpaired) electrons. The van der Waals surface area contributed by atoms with Crippen LogP contribution in [0.1, 0.15) is 11.1 Å². The molecule has 0 heterocycles. The highest BCUT2D eigenvalue weighted by molar-refractivity contribution is 5.73. The van der Waals surface area contributed by atoms with Gasteiger partial charge in [0.1, 0.15) is 6.29 Å². The fraction of sp³-hybridized carbons (Fsp3) is 0.100. The highest BCUT2D eigenvalue weighted by Crippen LogP contribution is 2.29. The summed E-state index contributed by atoms with van der Waals surface area (Å²) >= 11 is 0. The number of aldehydes is 1. The van der Waals surface area contributed by atoms with Crippen molar-refractivity contribution in [3.05, 3.63) is 41.5 Å².